The second-order valence-corrected chi connectivity index (χ2v) is 5.79. The summed E-state index contributed by atoms with van der Waals surface area (Å²) in [6, 6.07) is 14.2. The van der Waals surface area contributed by atoms with Crippen LogP contribution >= 0.6 is 0 Å². The van der Waals surface area contributed by atoms with Gasteiger partial charge < -0.3 is 10.8 Å². The summed E-state index contributed by atoms with van der Waals surface area (Å²) in [5, 5.41) is 9.43. The Hall–Kier alpha value is -2.00. The zero-order chi connectivity index (χ0) is 14.7. The Morgan fingerprint density at radius 2 is 1.90 bits per heavy atom. The molecule has 110 valence electrons. The molecule has 3 N–H and O–H groups in total. The predicted octanol–water partition coefficient (Wildman–Crippen LogP) is 2.97. The number of nitrogens with zero attached hydrogens (tertiary/aromatic N) is 1. The number of hydrogen-bond acceptors (Lipinski definition) is 3. The van der Waals surface area contributed by atoms with E-state index < -0.39 is 0 Å². The van der Waals surface area contributed by atoms with E-state index in [9.17, 15) is 5.11 Å². The largest absolute Gasteiger partial charge is 0.506 e. The fourth-order valence-corrected chi connectivity index (χ4v) is 3.01. The minimum Gasteiger partial charge on any atom is -0.506 e. The summed E-state index contributed by atoms with van der Waals surface area (Å²) in [4.78, 5) is 2.52. The molecule has 0 fully saturated rings. The van der Waals surface area contributed by atoms with Crippen LogP contribution in [0, 0.1) is 0 Å². The van der Waals surface area contributed by atoms with Crippen molar-refractivity contribution in [2.45, 2.75) is 25.8 Å². The van der Waals surface area contributed by atoms with Gasteiger partial charge in [0.15, 0.2) is 0 Å². The maximum Gasteiger partial charge on any atom is 0.138 e. The number of aryl methyl sites for hydroxylation is 1. The number of rotatable bonds is 4. The number of benzene rings is 2. The van der Waals surface area contributed by atoms with Crippen molar-refractivity contribution in [1.82, 2.24) is 4.90 Å². The first-order valence-electron chi connectivity index (χ1n) is 7.59. The van der Waals surface area contributed by atoms with E-state index in [1.807, 2.05) is 12.1 Å². The molecular formula is C18H22N2O. The minimum atomic E-state index is 0.173. The fourth-order valence-electron chi connectivity index (χ4n) is 3.01. The lowest BCUT2D eigenvalue weighted by Gasteiger charge is -2.28. The molecule has 0 saturated heterocycles. The van der Waals surface area contributed by atoms with Crippen LogP contribution in [0.25, 0.3) is 0 Å². The lowest BCUT2D eigenvalue weighted by Crippen LogP contribution is -2.31. The van der Waals surface area contributed by atoms with Gasteiger partial charge in [-0.2, -0.15) is 0 Å². The van der Waals surface area contributed by atoms with Crippen molar-refractivity contribution in [2.24, 2.45) is 0 Å². The fraction of sp³-hybridized carbons (Fsp3) is 0.333. The lowest BCUT2D eigenvalue weighted by atomic mass is 9.99. The number of anilines is 1. The molecule has 3 rings (SSSR count). The van der Waals surface area contributed by atoms with Crippen molar-refractivity contribution in [1.29, 1.82) is 0 Å². The van der Waals surface area contributed by atoms with Crippen LogP contribution in [-0.4, -0.2) is 23.1 Å². The number of fused-ring (bicyclic) bond motifs is 1. The number of phenols is 1. The molecule has 1 aliphatic rings. The van der Waals surface area contributed by atoms with E-state index >= 15 is 0 Å². The molecule has 0 spiro atoms. The SMILES string of the molecule is Nc1cc(CCCN2CCc3ccccc3C2)ccc1O. The van der Waals surface area contributed by atoms with Gasteiger partial charge in [-0.25, -0.2) is 0 Å². The van der Waals surface area contributed by atoms with Gasteiger partial charge in [-0.3, -0.25) is 4.90 Å². The van der Waals surface area contributed by atoms with Gasteiger partial charge in [-0.05, 0) is 54.6 Å². The van der Waals surface area contributed by atoms with Crippen molar-refractivity contribution < 1.29 is 5.11 Å². The molecule has 21 heavy (non-hydrogen) atoms. The number of phenolic OH excluding ortho intramolecular Hbond substituents is 1. The molecule has 0 aliphatic carbocycles. The highest BCUT2D eigenvalue weighted by Gasteiger charge is 2.14. The van der Waals surface area contributed by atoms with Crippen molar-refractivity contribution >= 4 is 5.69 Å². The third-order valence-electron chi connectivity index (χ3n) is 4.24. The van der Waals surface area contributed by atoms with Crippen LogP contribution in [0.4, 0.5) is 5.69 Å². The van der Waals surface area contributed by atoms with Gasteiger partial charge in [0.1, 0.15) is 5.75 Å². The molecule has 3 nitrogen and oxygen atoms in total. The van der Waals surface area contributed by atoms with Gasteiger partial charge in [-0.15, -0.1) is 0 Å². The number of nitrogens with two attached hydrogens (primary N) is 1. The average molecular weight is 282 g/mol. The van der Waals surface area contributed by atoms with Crippen LogP contribution in [0.3, 0.4) is 0 Å². The summed E-state index contributed by atoms with van der Waals surface area (Å²) in [5.41, 5.74) is 10.4. The Balaban J connectivity index is 1.51. The lowest BCUT2D eigenvalue weighted by molar-refractivity contribution is 0.251. The summed E-state index contributed by atoms with van der Waals surface area (Å²) >= 11 is 0. The summed E-state index contributed by atoms with van der Waals surface area (Å²) in [6.45, 7) is 3.32. The van der Waals surface area contributed by atoms with Gasteiger partial charge in [0, 0.05) is 13.1 Å². The minimum absolute atomic E-state index is 0.173. The molecular weight excluding hydrogens is 260 g/mol. The molecule has 0 aromatic heterocycles. The molecule has 2 aromatic carbocycles. The highest BCUT2D eigenvalue weighted by molar-refractivity contribution is 5.53. The molecule has 0 radical (unpaired) electrons. The molecule has 1 aliphatic heterocycles. The standard InChI is InChI=1S/C18H22N2O/c19-17-12-14(7-8-18(17)21)4-3-10-20-11-9-15-5-1-2-6-16(15)13-20/h1-2,5-8,12,21H,3-4,9-11,13,19H2. The first-order valence-corrected chi connectivity index (χ1v) is 7.59. The first-order chi connectivity index (χ1) is 10.2. The van der Waals surface area contributed by atoms with Crippen LogP contribution in [0.2, 0.25) is 0 Å². The summed E-state index contributed by atoms with van der Waals surface area (Å²) in [7, 11) is 0. The topological polar surface area (TPSA) is 49.5 Å². The van der Waals surface area contributed by atoms with Crippen molar-refractivity contribution in [3.05, 3.63) is 59.2 Å². The molecule has 0 atom stereocenters. The van der Waals surface area contributed by atoms with E-state index in [4.69, 9.17) is 5.73 Å². The van der Waals surface area contributed by atoms with E-state index in [0.717, 1.165) is 38.9 Å². The van der Waals surface area contributed by atoms with E-state index in [0.29, 0.717) is 5.69 Å². The van der Waals surface area contributed by atoms with Crippen molar-refractivity contribution in [2.75, 3.05) is 18.8 Å². The summed E-state index contributed by atoms with van der Waals surface area (Å²) in [5.74, 6) is 0.173. The third kappa shape index (κ3) is 3.37. The van der Waals surface area contributed by atoms with Gasteiger partial charge in [0.25, 0.3) is 0 Å². The predicted molar refractivity (Wildman–Crippen MR) is 86.3 cm³/mol. The van der Waals surface area contributed by atoms with Gasteiger partial charge >= 0.3 is 0 Å². The van der Waals surface area contributed by atoms with Gasteiger partial charge in [-0.1, -0.05) is 30.3 Å². The maximum absolute atomic E-state index is 9.43. The highest BCUT2D eigenvalue weighted by atomic mass is 16.3. The Kier molecular flexibility index (Phi) is 4.11. The first kappa shape index (κ1) is 14.0. The molecule has 0 amide bonds. The Bertz CT molecular complexity index is 624. The number of aromatic hydroxyl groups is 1. The molecule has 0 bridgehead atoms. The smallest absolute Gasteiger partial charge is 0.138 e. The van der Waals surface area contributed by atoms with E-state index in [-0.39, 0.29) is 5.75 Å². The average Bonchev–Trinajstić information content (AvgIpc) is 2.51. The summed E-state index contributed by atoms with van der Waals surface area (Å²) < 4.78 is 0. The normalized spacial score (nSPS) is 14.9. The third-order valence-corrected chi connectivity index (χ3v) is 4.24. The van der Waals surface area contributed by atoms with Crippen molar-refractivity contribution in [3.8, 4) is 5.75 Å². The Labute approximate surface area is 126 Å². The zero-order valence-electron chi connectivity index (χ0n) is 12.3. The molecule has 3 heteroatoms. The quantitative estimate of drug-likeness (QED) is 0.669. The number of hydrogen-bond donors (Lipinski definition) is 2. The van der Waals surface area contributed by atoms with Gasteiger partial charge in [0.05, 0.1) is 5.69 Å². The Morgan fingerprint density at radius 3 is 2.71 bits per heavy atom. The van der Waals surface area contributed by atoms with E-state index in [1.165, 1.54) is 16.7 Å². The molecule has 2 aromatic rings. The monoisotopic (exact) mass is 282 g/mol. The van der Waals surface area contributed by atoms with Gasteiger partial charge in [0.2, 0.25) is 0 Å². The highest BCUT2D eigenvalue weighted by Crippen LogP contribution is 2.22. The Morgan fingerprint density at radius 1 is 1.10 bits per heavy atom. The second-order valence-electron chi connectivity index (χ2n) is 5.79. The summed E-state index contributed by atoms with van der Waals surface area (Å²) in [6.07, 6.45) is 3.28. The van der Waals surface area contributed by atoms with E-state index in [1.54, 1.807) is 6.07 Å². The molecule has 1 heterocycles. The van der Waals surface area contributed by atoms with Crippen molar-refractivity contribution in [3.63, 3.8) is 0 Å². The van der Waals surface area contributed by atoms with E-state index in [2.05, 4.69) is 29.2 Å². The second kappa shape index (κ2) is 6.19. The van der Waals surface area contributed by atoms with Crippen LogP contribution in [0.1, 0.15) is 23.1 Å². The van der Waals surface area contributed by atoms with Crippen LogP contribution in [0.5, 0.6) is 5.75 Å². The molecule has 0 saturated carbocycles. The van der Waals surface area contributed by atoms with Crippen LogP contribution in [0.15, 0.2) is 42.5 Å². The van der Waals surface area contributed by atoms with Crippen LogP contribution in [-0.2, 0) is 19.4 Å². The number of nitrogen functional groups attached to an aromatic ring is 1. The van der Waals surface area contributed by atoms with Crippen LogP contribution < -0.4 is 5.73 Å². The zero-order valence-corrected chi connectivity index (χ0v) is 12.3. The maximum atomic E-state index is 9.43. The molecule has 0 unspecified atom stereocenters.